The van der Waals surface area contributed by atoms with E-state index in [1.54, 1.807) is 23.3 Å². The quantitative estimate of drug-likeness (QED) is 0.432. The van der Waals surface area contributed by atoms with Gasteiger partial charge in [-0.05, 0) is 44.7 Å². The van der Waals surface area contributed by atoms with Gasteiger partial charge in [-0.25, -0.2) is 9.97 Å². The van der Waals surface area contributed by atoms with Crippen LogP contribution in [0.2, 0.25) is 0 Å². The second-order valence-electron chi connectivity index (χ2n) is 10.4. The number of hydrogen-bond acceptors (Lipinski definition) is 7. The Labute approximate surface area is 206 Å². The lowest BCUT2D eigenvalue weighted by Gasteiger charge is -2.23. The molecule has 2 aliphatic carbocycles. The van der Waals surface area contributed by atoms with Crippen molar-refractivity contribution in [2.45, 2.75) is 56.5 Å². The van der Waals surface area contributed by atoms with Gasteiger partial charge >= 0.3 is 6.18 Å². The first kappa shape index (κ1) is 23.5. The van der Waals surface area contributed by atoms with E-state index in [0.29, 0.717) is 36.4 Å². The van der Waals surface area contributed by atoms with Crippen molar-refractivity contribution in [3.63, 3.8) is 0 Å². The average molecular weight is 503 g/mol. The molecule has 1 aromatic rings. The summed E-state index contributed by atoms with van der Waals surface area (Å²) < 4.78 is 41.8. The van der Waals surface area contributed by atoms with Gasteiger partial charge in [-0.15, -0.1) is 0 Å². The molecule has 11 heteroatoms. The number of aliphatic hydroxyl groups is 1. The van der Waals surface area contributed by atoms with Gasteiger partial charge in [0.15, 0.2) is 0 Å². The predicted molar refractivity (Wildman–Crippen MR) is 126 cm³/mol. The van der Waals surface area contributed by atoms with Crippen LogP contribution in [-0.4, -0.2) is 63.7 Å². The van der Waals surface area contributed by atoms with Gasteiger partial charge in [0.25, 0.3) is 5.91 Å². The number of carbonyl (C=O) groups excluding carboxylic acids is 1. The van der Waals surface area contributed by atoms with E-state index in [9.17, 15) is 23.1 Å². The van der Waals surface area contributed by atoms with Crippen molar-refractivity contribution in [1.82, 2.24) is 25.5 Å². The third kappa shape index (κ3) is 4.28. The highest BCUT2D eigenvalue weighted by Crippen LogP contribution is 2.43. The van der Waals surface area contributed by atoms with Crippen LogP contribution in [0, 0.1) is 11.8 Å². The summed E-state index contributed by atoms with van der Waals surface area (Å²) in [4.78, 5) is 23.3. The Bertz CT molecular complexity index is 1160. The number of fused-ring (bicyclic) bond motifs is 3. The Morgan fingerprint density at radius 2 is 1.97 bits per heavy atom. The van der Waals surface area contributed by atoms with E-state index >= 15 is 0 Å². The number of amides is 1. The number of halogens is 3. The van der Waals surface area contributed by atoms with Crippen LogP contribution in [0.15, 0.2) is 35.8 Å². The number of hydrogen-bond donors (Lipinski definition) is 4. The van der Waals surface area contributed by atoms with E-state index in [1.165, 1.54) is 0 Å². The largest absolute Gasteiger partial charge is 0.419 e. The molecule has 8 nitrogen and oxygen atoms in total. The van der Waals surface area contributed by atoms with Crippen LogP contribution in [0.5, 0.6) is 0 Å². The molecule has 1 saturated heterocycles. The monoisotopic (exact) mass is 502 g/mol. The molecule has 36 heavy (non-hydrogen) atoms. The molecule has 4 N–H and O–H groups in total. The lowest BCUT2D eigenvalue weighted by Crippen LogP contribution is -2.32. The standard InChI is InChI=1S/C25H29F3N6O2/c26-25(27,28)19-10-31-24-32-16-3-2-15(8-16)29-6-5-14-11-34(12-21(14)35)23(36)13-1-4-17-18(22(19)33-24)9-30-20(17)7-13/h1,7,9-10,14-17,21,29-30,35H,2-6,8,11-12H2,(H,31,32,33)/t14-,15-,16-,17?,21-/m0/s1. The zero-order chi connectivity index (χ0) is 25.0. The first-order valence-electron chi connectivity index (χ1n) is 12.6. The van der Waals surface area contributed by atoms with Crippen LogP contribution < -0.4 is 16.0 Å². The minimum atomic E-state index is -4.60. The Balaban J connectivity index is 1.35. The number of carbonyl (C=O) groups is 1. The van der Waals surface area contributed by atoms with Crippen molar-refractivity contribution < 1.29 is 23.1 Å². The summed E-state index contributed by atoms with van der Waals surface area (Å²) in [5.74, 6) is -0.316. The summed E-state index contributed by atoms with van der Waals surface area (Å²) in [5, 5.41) is 20.4. The van der Waals surface area contributed by atoms with Crippen LogP contribution in [-0.2, 0) is 11.0 Å². The van der Waals surface area contributed by atoms with E-state index in [-0.39, 0.29) is 41.5 Å². The van der Waals surface area contributed by atoms with E-state index in [4.69, 9.17) is 0 Å². The number of allylic oxidation sites excluding steroid dienone is 2. The number of anilines is 1. The van der Waals surface area contributed by atoms with Crippen molar-refractivity contribution in [1.29, 1.82) is 0 Å². The molecular formula is C25H29F3N6O2. The zero-order valence-corrected chi connectivity index (χ0v) is 19.7. The summed E-state index contributed by atoms with van der Waals surface area (Å²) in [6.45, 7) is 1.51. The first-order chi connectivity index (χ1) is 17.3. The Hall–Kier alpha value is -2.92. The van der Waals surface area contributed by atoms with Gasteiger partial charge in [-0.3, -0.25) is 4.79 Å². The Morgan fingerprint density at radius 3 is 2.81 bits per heavy atom. The van der Waals surface area contributed by atoms with Crippen molar-refractivity contribution in [3.8, 4) is 0 Å². The molecule has 4 aliphatic heterocycles. The van der Waals surface area contributed by atoms with Gasteiger partial charge in [-0.1, -0.05) is 6.08 Å². The molecule has 0 radical (unpaired) electrons. The van der Waals surface area contributed by atoms with Gasteiger partial charge in [0.2, 0.25) is 5.95 Å². The van der Waals surface area contributed by atoms with Gasteiger partial charge in [0, 0.05) is 66.2 Å². The Morgan fingerprint density at radius 1 is 1.14 bits per heavy atom. The molecule has 5 atom stereocenters. The molecule has 0 aromatic carbocycles. The molecule has 6 aliphatic rings. The zero-order valence-electron chi connectivity index (χ0n) is 19.7. The second kappa shape index (κ2) is 8.88. The molecular weight excluding hydrogens is 473 g/mol. The van der Waals surface area contributed by atoms with Crippen LogP contribution in [0.3, 0.4) is 0 Å². The Kier molecular flexibility index (Phi) is 5.79. The maximum Gasteiger partial charge on any atom is 0.419 e. The number of nitrogens with zero attached hydrogens (tertiary/aromatic N) is 3. The van der Waals surface area contributed by atoms with Crippen molar-refractivity contribution in [2.75, 3.05) is 25.0 Å². The number of aliphatic hydroxyl groups excluding tert-OH is 1. The molecule has 1 unspecified atom stereocenters. The summed E-state index contributed by atoms with van der Waals surface area (Å²) in [5.41, 5.74) is 0.587. The normalized spacial score (nSPS) is 32.1. The summed E-state index contributed by atoms with van der Waals surface area (Å²) in [7, 11) is 0. The van der Waals surface area contributed by atoms with E-state index in [2.05, 4.69) is 25.9 Å². The van der Waals surface area contributed by atoms with Crippen LogP contribution in [0.1, 0.15) is 43.4 Å². The van der Waals surface area contributed by atoms with E-state index in [1.807, 2.05) is 0 Å². The maximum atomic E-state index is 13.9. The molecule has 2 fully saturated rings. The van der Waals surface area contributed by atoms with Crippen LogP contribution >= 0.6 is 0 Å². The van der Waals surface area contributed by atoms with Gasteiger partial charge in [0.1, 0.15) is 5.56 Å². The third-order valence-electron chi connectivity index (χ3n) is 8.05. The predicted octanol–water partition coefficient (Wildman–Crippen LogP) is 2.42. The molecule has 1 amide bonds. The fourth-order valence-electron chi connectivity index (χ4n) is 6.10. The lowest BCUT2D eigenvalue weighted by molar-refractivity contribution is -0.138. The highest BCUT2D eigenvalue weighted by Gasteiger charge is 2.41. The smallest absolute Gasteiger partial charge is 0.391 e. The van der Waals surface area contributed by atoms with Crippen LogP contribution in [0.25, 0.3) is 5.57 Å². The topological polar surface area (TPSA) is 102 Å². The molecule has 10 bridgehead atoms. The molecule has 0 spiro atoms. The molecule has 192 valence electrons. The van der Waals surface area contributed by atoms with Gasteiger partial charge in [-0.2, -0.15) is 13.2 Å². The van der Waals surface area contributed by atoms with Crippen LogP contribution in [0.4, 0.5) is 19.1 Å². The highest BCUT2D eigenvalue weighted by molar-refractivity contribution is 5.97. The maximum absolute atomic E-state index is 13.9. The van der Waals surface area contributed by atoms with E-state index < -0.39 is 17.8 Å². The number of aromatic nitrogens is 2. The molecule has 1 saturated carbocycles. The summed E-state index contributed by atoms with van der Waals surface area (Å²) >= 11 is 0. The van der Waals surface area contributed by atoms with Crippen molar-refractivity contribution >= 4 is 17.4 Å². The van der Waals surface area contributed by atoms with Crippen molar-refractivity contribution in [3.05, 3.63) is 47.1 Å². The average Bonchev–Trinajstić information content (AvgIpc) is 3.56. The third-order valence-corrected chi connectivity index (χ3v) is 8.05. The molecule has 5 heterocycles. The molecule has 7 rings (SSSR count). The van der Waals surface area contributed by atoms with E-state index in [0.717, 1.165) is 38.4 Å². The summed E-state index contributed by atoms with van der Waals surface area (Å²) in [6, 6.07) is 0.329. The number of alkyl halides is 3. The minimum Gasteiger partial charge on any atom is -0.391 e. The highest BCUT2D eigenvalue weighted by atomic mass is 19.4. The fraction of sp³-hybridized carbons (Fsp3) is 0.560. The van der Waals surface area contributed by atoms with Crippen molar-refractivity contribution in [2.24, 2.45) is 11.8 Å². The fourth-order valence-corrected chi connectivity index (χ4v) is 6.10. The SMILES string of the molecule is O=C1C2=CCC3C(=C2)NC=C3c2nc(ncc2C(F)(F)F)N[C@H]2CC[C@@H](C2)NCC[C@H]2CN1C[C@@H]2O. The van der Waals surface area contributed by atoms with Gasteiger partial charge in [0.05, 0.1) is 11.8 Å². The lowest BCUT2D eigenvalue weighted by atomic mass is 9.86. The molecule has 1 aromatic heterocycles. The number of nitrogens with one attached hydrogen (secondary N) is 3. The summed E-state index contributed by atoms with van der Waals surface area (Å²) in [6.07, 6.45) is 4.49. The second-order valence-corrected chi connectivity index (χ2v) is 10.4. The minimum absolute atomic E-state index is 0.0111. The first-order valence-corrected chi connectivity index (χ1v) is 12.6. The van der Waals surface area contributed by atoms with Gasteiger partial charge < -0.3 is 26.0 Å². The number of rotatable bonds is 0.